The van der Waals surface area contributed by atoms with Gasteiger partial charge in [0, 0.05) is 23.9 Å². The van der Waals surface area contributed by atoms with E-state index in [1.165, 1.54) is 14.1 Å². The van der Waals surface area contributed by atoms with E-state index in [0.29, 0.717) is 0 Å². The zero-order valence-electron chi connectivity index (χ0n) is 7.49. The van der Waals surface area contributed by atoms with Crippen LogP contribution in [0.25, 0.3) is 20.9 Å². The van der Waals surface area contributed by atoms with E-state index >= 15 is 0 Å². The summed E-state index contributed by atoms with van der Waals surface area (Å²) in [5.74, 6) is 0. The Labute approximate surface area is 96.2 Å². The largest absolute Gasteiger partial charge is 1.00 e. The molecule has 0 bridgehead atoms. The predicted molar refractivity (Wildman–Crippen MR) is 37.3 cm³/mol. The van der Waals surface area contributed by atoms with Crippen molar-refractivity contribution >= 4 is 6.47 Å². The smallest absolute Gasteiger partial charge is 0.662 e. The van der Waals surface area contributed by atoms with Crippen LogP contribution >= 0.6 is 0 Å². The Kier molecular flexibility index (Phi) is 76.4. The van der Waals surface area contributed by atoms with Gasteiger partial charge in [0.15, 0.2) is 0 Å². The van der Waals surface area contributed by atoms with Crippen molar-refractivity contribution < 1.29 is 44.5 Å². The summed E-state index contributed by atoms with van der Waals surface area (Å²) >= 11 is 0. The zero-order chi connectivity index (χ0) is 10.2. The first-order valence-corrected chi connectivity index (χ1v) is 2.33. The minimum Gasteiger partial charge on any atom is -0.662 e. The summed E-state index contributed by atoms with van der Waals surface area (Å²) in [7, 11) is 2.78. The molecule has 0 N–H and O–H groups in total. The molecule has 0 heterocycles. The molecule has 0 aromatic rings. The first kappa shape index (κ1) is 22.7. The van der Waals surface area contributed by atoms with Crippen LogP contribution in [0.15, 0.2) is 10.2 Å². The molecule has 0 amide bonds. The zero-order valence-corrected chi connectivity index (χ0v) is 9.49. The van der Waals surface area contributed by atoms with Crippen molar-refractivity contribution in [1.82, 2.24) is 0 Å². The van der Waals surface area contributed by atoms with Gasteiger partial charge in [0.1, 0.15) is 0 Å². The maximum atomic E-state index is 8.64. The molecule has 0 atom stereocenters. The number of azide groups is 2. The van der Waals surface area contributed by atoms with Crippen molar-refractivity contribution in [3.05, 3.63) is 20.9 Å². The van der Waals surface area contributed by atoms with Gasteiger partial charge in [-0.3, -0.25) is 4.79 Å². The third-order valence-electron chi connectivity index (χ3n) is 0.218. The first-order chi connectivity index (χ1) is 5.74. The Balaban J connectivity index is -0.0000000450. The molecule has 0 saturated heterocycles. The quantitative estimate of drug-likeness (QED) is 0.0857. The third-order valence-corrected chi connectivity index (χ3v) is 0.218. The van der Waals surface area contributed by atoms with Crippen molar-refractivity contribution in [2.45, 2.75) is 0 Å². The van der Waals surface area contributed by atoms with Gasteiger partial charge in [0.05, 0.1) is 0 Å². The van der Waals surface area contributed by atoms with Crippen molar-refractivity contribution in [1.29, 1.82) is 0 Å². The molecule has 0 fully saturated rings. The number of nitrogens with zero attached hydrogens (tertiary/aromatic N) is 6. The second-order valence-electron chi connectivity index (χ2n) is 0.771. The number of carbonyl (C=O) groups excluding carboxylic acids is 1. The molecule has 0 unspecified atom stereocenters. The van der Waals surface area contributed by atoms with Crippen LogP contribution in [0.2, 0.25) is 0 Å². The SMILES string of the molecule is CN=[N+]=[N-].CN=[N+]=[N-].O=CO[O-].[Na+]. The van der Waals surface area contributed by atoms with E-state index < -0.39 is 0 Å². The fourth-order valence-electron chi connectivity index (χ4n) is 0. The molecule has 0 aliphatic carbocycles. The van der Waals surface area contributed by atoms with Crippen LogP contribution in [0.5, 0.6) is 0 Å². The molecule has 68 valence electrons. The average molecular weight is 198 g/mol. The average Bonchev–Trinajstić information content (AvgIpc) is 2.18. The fraction of sp³-hybridized carbons (Fsp3) is 0.667. The van der Waals surface area contributed by atoms with Crippen molar-refractivity contribution in [3.8, 4) is 0 Å². The number of carbonyl (C=O) groups is 1. The minimum absolute atomic E-state index is 0. The van der Waals surface area contributed by atoms with E-state index in [4.69, 9.17) is 21.1 Å². The van der Waals surface area contributed by atoms with Crippen LogP contribution in [-0.4, -0.2) is 20.6 Å². The molecule has 0 aromatic carbocycles. The summed E-state index contributed by atoms with van der Waals surface area (Å²) in [5, 5.41) is 14.3. The van der Waals surface area contributed by atoms with Crippen LogP contribution < -0.4 is 34.8 Å². The van der Waals surface area contributed by atoms with Crippen molar-refractivity contribution in [3.63, 3.8) is 0 Å². The van der Waals surface area contributed by atoms with Crippen LogP contribution in [0.4, 0.5) is 0 Å². The van der Waals surface area contributed by atoms with Gasteiger partial charge in [0.25, 0.3) is 6.47 Å². The van der Waals surface area contributed by atoms with E-state index in [2.05, 4.69) is 24.9 Å². The maximum absolute atomic E-state index is 8.64. The third kappa shape index (κ3) is 215. The van der Waals surface area contributed by atoms with Gasteiger partial charge >= 0.3 is 29.6 Å². The molecule has 0 rings (SSSR count). The molecule has 0 radical (unpaired) electrons. The van der Waals surface area contributed by atoms with Gasteiger partial charge in [-0.25, -0.2) is 0 Å². The van der Waals surface area contributed by atoms with Gasteiger partial charge in [-0.2, -0.15) is 0 Å². The summed E-state index contributed by atoms with van der Waals surface area (Å²) in [6, 6.07) is 0. The molecule has 9 nitrogen and oxygen atoms in total. The second kappa shape index (κ2) is 43.8. The molecule has 0 aromatic heterocycles. The maximum Gasteiger partial charge on any atom is 1.00 e. The van der Waals surface area contributed by atoms with Gasteiger partial charge in [-0.1, -0.05) is 10.2 Å². The molecule has 0 aliphatic heterocycles. The first-order valence-electron chi connectivity index (χ1n) is 2.33. The molecule has 0 aliphatic rings. The number of hydrogen-bond acceptors (Lipinski definition) is 5. The standard InChI is InChI=1S/2CH3N3.CH2O3.Na/c2*1-3-4-2;2-1-4-3;/h2*1H3;1,3H;/q;;;+1/p-1. The number of rotatable bonds is 1. The molecular weight excluding hydrogens is 191 g/mol. The normalized spacial score (nSPS) is 4.23. The van der Waals surface area contributed by atoms with Gasteiger partial charge in [-0.05, 0) is 11.1 Å². The van der Waals surface area contributed by atoms with E-state index in [0.717, 1.165) is 0 Å². The Bertz CT molecular complexity index is 158. The molecule has 0 spiro atoms. The van der Waals surface area contributed by atoms with Gasteiger partial charge in [-0.15, -0.1) is 0 Å². The summed E-state index contributed by atoms with van der Waals surface area (Å²) in [4.78, 5) is 16.0. The van der Waals surface area contributed by atoms with Crippen LogP contribution in [-0.2, 0) is 9.68 Å². The summed E-state index contributed by atoms with van der Waals surface area (Å²) in [6.07, 6.45) is 0. The molecular formula is C3H7N6NaO3. The summed E-state index contributed by atoms with van der Waals surface area (Å²) < 4.78 is 0. The molecule has 10 heteroatoms. The Morgan fingerprint density at radius 1 is 1.31 bits per heavy atom. The van der Waals surface area contributed by atoms with Crippen LogP contribution in [0, 0.1) is 0 Å². The van der Waals surface area contributed by atoms with E-state index in [1.54, 1.807) is 0 Å². The second-order valence-corrected chi connectivity index (χ2v) is 0.771. The van der Waals surface area contributed by atoms with E-state index in [-0.39, 0.29) is 36.0 Å². The fourth-order valence-corrected chi connectivity index (χ4v) is 0. The van der Waals surface area contributed by atoms with Crippen LogP contribution in [0.3, 0.4) is 0 Å². The monoisotopic (exact) mass is 198 g/mol. The Morgan fingerprint density at radius 3 is 1.46 bits per heavy atom. The summed E-state index contributed by atoms with van der Waals surface area (Å²) in [6.45, 7) is -0.181. The minimum atomic E-state index is -0.181. The predicted octanol–water partition coefficient (Wildman–Crippen LogP) is -2.71. The Hall–Kier alpha value is -0.950. The number of hydrogen-bond donors (Lipinski definition) is 0. The van der Waals surface area contributed by atoms with E-state index in [1.807, 2.05) is 0 Å². The van der Waals surface area contributed by atoms with Gasteiger partial charge in [0.2, 0.25) is 0 Å². The summed E-state index contributed by atoms with van der Waals surface area (Å²) in [5.41, 5.74) is 14.7. The van der Waals surface area contributed by atoms with Gasteiger partial charge < -0.3 is 10.1 Å². The van der Waals surface area contributed by atoms with E-state index in [9.17, 15) is 0 Å². The van der Waals surface area contributed by atoms with Crippen molar-refractivity contribution in [2.75, 3.05) is 14.1 Å². The Morgan fingerprint density at radius 2 is 1.46 bits per heavy atom. The molecule has 13 heavy (non-hydrogen) atoms. The van der Waals surface area contributed by atoms with Crippen molar-refractivity contribution in [2.24, 2.45) is 10.2 Å². The molecule has 0 saturated carbocycles. The van der Waals surface area contributed by atoms with Crippen LogP contribution in [0.1, 0.15) is 0 Å². The topological polar surface area (TPSA) is 147 Å².